The van der Waals surface area contributed by atoms with Gasteiger partial charge in [-0.3, -0.25) is 0 Å². The smallest absolute Gasteiger partial charge is 0.197 e. The Morgan fingerprint density at radius 3 is 2.64 bits per heavy atom. The van der Waals surface area contributed by atoms with Crippen molar-refractivity contribution in [1.29, 1.82) is 0 Å². The fourth-order valence-electron chi connectivity index (χ4n) is 2.84. The molecular formula is C16H19Br2N3O. The van der Waals surface area contributed by atoms with Crippen molar-refractivity contribution in [2.45, 2.75) is 38.8 Å². The number of benzene rings is 1. The van der Waals surface area contributed by atoms with E-state index in [1.807, 2.05) is 18.3 Å². The molecule has 0 aliphatic carbocycles. The van der Waals surface area contributed by atoms with Crippen molar-refractivity contribution in [1.82, 2.24) is 14.9 Å². The zero-order valence-electron chi connectivity index (χ0n) is 12.7. The zero-order valence-corrected chi connectivity index (χ0v) is 15.9. The summed E-state index contributed by atoms with van der Waals surface area (Å²) in [7, 11) is 0. The first-order valence-electron chi connectivity index (χ1n) is 7.55. The summed E-state index contributed by atoms with van der Waals surface area (Å²) in [5.41, 5.74) is 0.858. The number of rotatable bonds is 3. The number of halogens is 2. The largest absolute Gasteiger partial charge is 0.488 e. The van der Waals surface area contributed by atoms with Crippen LogP contribution < -0.4 is 4.74 Å². The van der Waals surface area contributed by atoms with Gasteiger partial charge in [-0.15, -0.1) is 0 Å². The van der Waals surface area contributed by atoms with E-state index >= 15 is 0 Å². The van der Waals surface area contributed by atoms with Crippen LogP contribution in [-0.4, -0.2) is 40.1 Å². The maximum atomic E-state index is 6.26. The van der Waals surface area contributed by atoms with Gasteiger partial charge in [-0.25, -0.2) is 9.97 Å². The van der Waals surface area contributed by atoms with Crippen molar-refractivity contribution in [3.63, 3.8) is 0 Å². The Balaban J connectivity index is 1.81. The molecule has 1 aromatic carbocycles. The third-order valence-electron chi connectivity index (χ3n) is 4.08. The Morgan fingerprint density at radius 1 is 1.23 bits per heavy atom. The number of likely N-dealkylation sites (tertiary alicyclic amines) is 1. The summed E-state index contributed by atoms with van der Waals surface area (Å²) in [5.74, 6) is 0.829. The molecule has 0 spiro atoms. The van der Waals surface area contributed by atoms with Crippen LogP contribution in [0.4, 0.5) is 0 Å². The van der Waals surface area contributed by atoms with E-state index in [9.17, 15) is 0 Å². The predicted molar refractivity (Wildman–Crippen MR) is 95.3 cm³/mol. The van der Waals surface area contributed by atoms with Crippen LogP contribution in [0.15, 0.2) is 27.5 Å². The van der Waals surface area contributed by atoms with Crippen LogP contribution in [0.2, 0.25) is 0 Å². The lowest BCUT2D eigenvalue weighted by Crippen LogP contribution is -2.41. The molecular weight excluding hydrogens is 410 g/mol. The minimum atomic E-state index is 0.251. The standard InChI is InChI=1S/C16H19Br2N3O/c1-10(2)21-5-3-13(4-6-21)22-14-8-12(17)7-11-9-19-16(18)20-15(11)14/h7-10,13H,3-6H2,1-2H3. The highest BCUT2D eigenvalue weighted by Gasteiger charge is 2.23. The number of nitrogens with zero attached hydrogens (tertiary/aromatic N) is 3. The summed E-state index contributed by atoms with van der Waals surface area (Å²) in [6.45, 7) is 6.68. The van der Waals surface area contributed by atoms with Gasteiger partial charge in [0.1, 0.15) is 17.4 Å². The summed E-state index contributed by atoms with van der Waals surface area (Å²) >= 11 is 6.88. The summed E-state index contributed by atoms with van der Waals surface area (Å²) in [4.78, 5) is 11.2. The number of piperidine rings is 1. The van der Waals surface area contributed by atoms with Gasteiger partial charge in [-0.2, -0.15) is 0 Å². The summed E-state index contributed by atoms with van der Waals surface area (Å²) in [5, 5.41) is 0.979. The lowest BCUT2D eigenvalue weighted by Gasteiger charge is -2.34. The van der Waals surface area contributed by atoms with Crippen molar-refractivity contribution < 1.29 is 4.74 Å². The Morgan fingerprint density at radius 2 is 1.95 bits per heavy atom. The number of ether oxygens (including phenoxy) is 1. The average molecular weight is 429 g/mol. The molecule has 0 unspecified atom stereocenters. The van der Waals surface area contributed by atoms with Crippen molar-refractivity contribution >= 4 is 42.8 Å². The molecule has 118 valence electrons. The number of hydrogen-bond acceptors (Lipinski definition) is 4. The first-order valence-corrected chi connectivity index (χ1v) is 9.14. The molecule has 0 radical (unpaired) electrons. The molecule has 0 N–H and O–H groups in total. The minimum Gasteiger partial charge on any atom is -0.488 e. The van der Waals surface area contributed by atoms with E-state index in [1.165, 1.54) is 0 Å². The first-order chi connectivity index (χ1) is 10.5. The van der Waals surface area contributed by atoms with Gasteiger partial charge in [0.2, 0.25) is 0 Å². The topological polar surface area (TPSA) is 38.2 Å². The van der Waals surface area contributed by atoms with Crippen molar-refractivity contribution in [3.8, 4) is 5.75 Å². The van der Waals surface area contributed by atoms with E-state index in [1.54, 1.807) is 0 Å². The van der Waals surface area contributed by atoms with Crippen LogP contribution >= 0.6 is 31.9 Å². The van der Waals surface area contributed by atoms with Gasteiger partial charge in [-0.05, 0) is 54.8 Å². The van der Waals surface area contributed by atoms with E-state index < -0.39 is 0 Å². The molecule has 1 aliphatic heterocycles. The first kappa shape index (κ1) is 16.1. The second-order valence-electron chi connectivity index (χ2n) is 5.93. The van der Waals surface area contributed by atoms with Crippen molar-refractivity contribution in [3.05, 3.63) is 27.5 Å². The van der Waals surface area contributed by atoms with Gasteiger partial charge >= 0.3 is 0 Å². The molecule has 1 aliphatic rings. The fourth-order valence-corrected chi connectivity index (χ4v) is 3.57. The lowest BCUT2D eigenvalue weighted by atomic mass is 10.1. The van der Waals surface area contributed by atoms with E-state index in [2.05, 4.69) is 60.6 Å². The second kappa shape index (κ2) is 6.81. The van der Waals surface area contributed by atoms with Gasteiger partial charge < -0.3 is 9.64 Å². The van der Waals surface area contributed by atoms with Crippen LogP contribution in [0.1, 0.15) is 26.7 Å². The fraction of sp³-hybridized carbons (Fsp3) is 0.500. The molecule has 0 saturated carbocycles. The number of fused-ring (bicyclic) bond motifs is 1. The molecule has 1 fully saturated rings. The Hall–Kier alpha value is -0.720. The molecule has 0 amide bonds. The summed E-state index contributed by atoms with van der Waals surface area (Å²) < 4.78 is 7.84. The average Bonchev–Trinajstić information content (AvgIpc) is 2.48. The number of aromatic nitrogens is 2. The van der Waals surface area contributed by atoms with Crippen molar-refractivity contribution in [2.75, 3.05) is 13.1 Å². The molecule has 3 rings (SSSR count). The SMILES string of the molecule is CC(C)N1CCC(Oc2cc(Br)cc3cnc(Br)nc23)CC1. The van der Waals surface area contributed by atoms with Gasteiger partial charge in [-0.1, -0.05) is 15.9 Å². The van der Waals surface area contributed by atoms with Gasteiger partial charge in [0.15, 0.2) is 4.73 Å². The molecule has 22 heavy (non-hydrogen) atoms. The van der Waals surface area contributed by atoms with Crippen LogP contribution in [0.25, 0.3) is 10.9 Å². The van der Waals surface area contributed by atoms with Crippen molar-refractivity contribution in [2.24, 2.45) is 0 Å². The second-order valence-corrected chi connectivity index (χ2v) is 7.55. The lowest BCUT2D eigenvalue weighted by molar-refractivity contribution is 0.0851. The summed E-state index contributed by atoms with van der Waals surface area (Å²) in [6, 6.07) is 4.61. The van der Waals surface area contributed by atoms with Crippen LogP contribution in [0, 0.1) is 0 Å². The van der Waals surface area contributed by atoms with E-state index in [0.717, 1.165) is 47.1 Å². The minimum absolute atomic E-state index is 0.251. The summed E-state index contributed by atoms with van der Waals surface area (Å²) in [6.07, 6.45) is 4.17. The van der Waals surface area contributed by atoms with Crippen LogP contribution in [0.5, 0.6) is 5.75 Å². The third kappa shape index (κ3) is 3.60. The van der Waals surface area contributed by atoms with Crippen LogP contribution in [-0.2, 0) is 0 Å². The van der Waals surface area contributed by atoms with E-state index in [4.69, 9.17) is 4.74 Å². The highest BCUT2D eigenvalue weighted by molar-refractivity contribution is 9.10. The maximum Gasteiger partial charge on any atom is 0.197 e. The van der Waals surface area contributed by atoms with Gasteiger partial charge in [0, 0.05) is 35.2 Å². The molecule has 1 aromatic heterocycles. The molecule has 0 atom stereocenters. The predicted octanol–water partition coefficient (Wildman–Crippen LogP) is 4.41. The zero-order chi connectivity index (χ0) is 15.7. The molecule has 4 nitrogen and oxygen atoms in total. The normalized spacial score (nSPS) is 17.3. The Bertz CT molecular complexity index is 670. The van der Waals surface area contributed by atoms with Crippen LogP contribution in [0.3, 0.4) is 0 Å². The number of hydrogen-bond donors (Lipinski definition) is 0. The Kier molecular flexibility index (Phi) is 5.00. The molecule has 0 bridgehead atoms. The third-order valence-corrected chi connectivity index (χ3v) is 4.92. The van der Waals surface area contributed by atoms with E-state index in [0.29, 0.717) is 10.8 Å². The molecule has 6 heteroatoms. The van der Waals surface area contributed by atoms with Gasteiger partial charge in [0.25, 0.3) is 0 Å². The highest BCUT2D eigenvalue weighted by atomic mass is 79.9. The highest BCUT2D eigenvalue weighted by Crippen LogP contribution is 2.31. The van der Waals surface area contributed by atoms with E-state index in [-0.39, 0.29) is 6.10 Å². The quantitative estimate of drug-likeness (QED) is 0.678. The molecule has 2 heterocycles. The monoisotopic (exact) mass is 427 g/mol. The molecule has 2 aromatic rings. The molecule has 1 saturated heterocycles. The maximum absolute atomic E-state index is 6.26. The Labute approximate surface area is 147 Å². The van der Waals surface area contributed by atoms with Gasteiger partial charge in [0.05, 0.1) is 0 Å².